The third kappa shape index (κ3) is 13.2. The Hall–Kier alpha value is -6.02. The maximum atomic E-state index is 14.1. The average Bonchev–Trinajstić information content (AvgIpc) is 4.08. The molecule has 3 unspecified atom stereocenters. The minimum Gasteiger partial charge on any atom is -0.391 e. The molecule has 366 valence electrons. The second-order valence-corrected chi connectivity index (χ2v) is 20.9. The van der Waals surface area contributed by atoms with Gasteiger partial charge in [0.05, 0.1) is 39.1 Å². The molecule has 0 bridgehead atoms. The number of carbonyl (C=O) groups excluding carboxylic acids is 5. The minimum atomic E-state index is -0.917. The number of hydrogen-bond donors (Lipinski definition) is 5. The van der Waals surface area contributed by atoms with E-state index < -0.39 is 29.5 Å². The van der Waals surface area contributed by atoms with Gasteiger partial charge in [0, 0.05) is 64.6 Å². The van der Waals surface area contributed by atoms with Gasteiger partial charge in [0.1, 0.15) is 34.4 Å². The lowest BCUT2D eigenvalue weighted by Gasteiger charge is -2.35. The summed E-state index contributed by atoms with van der Waals surface area (Å²) in [6.07, 6.45) is 3.09. The van der Waals surface area contributed by atoms with Crippen LogP contribution in [0, 0.1) is 26.2 Å². The number of unbranched alkanes of at least 4 members (excludes halogenated alkanes) is 2. The maximum Gasteiger partial charge on any atom is 0.267 e. The van der Waals surface area contributed by atoms with Crippen LogP contribution in [0.4, 0.5) is 22.5 Å². The van der Waals surface area contributed by atoms with Crippen LogP contribution in [0.5, 0.6) is 0 Å². The van der Waals surface area contributed by atoms with E-state index in [0.717, 1.165) is 27.3 Å². The number of para-hydroxylation sites is 1. The molecule has 5 aromatic rings. The quantitative estimate of drug-likeness (QED) is 0.0594. The van der Waals surface area contributed by atoms with Crippen LogP contribution in [0.25, 0.3) is 10.4 Å². The lowest BCUT2D eigenvalue weighted by Crippen LogP contribution is -2.57. The minimum absolute atomic E-state index is 0.00475. The smallest absolute Gasteiger partial charge is 0.267 e. The summed E-state index contributed by atoms with van der Waals surface area (Å²) in [5.41, 5.74) is 5.45. The molecular formula is C49H60ClN11O6S2. The number of aliphatic hydroxyl groups is 1. The van der Waals surface area contributed by atoms with Crippen molar-refractivity contribution in [3.05, 3.63) is 92.8 Å². The zero-order chi connectivity index (χ0) is 49.4. The van der Waals surface area contributed by atoms with E-state index in [0.29, 0.717) is 90.0 Å². The molecule has 17 nitrogen and oxygen atoms in total. The molecule has 2 saturated heterocycles. The van der Waals surface area contributed by atoms with Gasteiger partial charge in [-0.15, -0.1) is 11.3 Å². The molecule has 5 N–H and O–H groups in total. The highest BCUT2D eigenvalue weighted by molar-refractivity contribution is 7.17. The lowest BCUT2D eigenvalue weighted by molar-refractivity contribution is -0.144. The fraction of sp³-hybridized carbons (Fsp3) is 0.449. The third-order valence-corrected chi connectivity index (χ3v) is 14.4. The number of aliphatic hydroxyl groups excluding tert-OH is 1. The van der Waals surface area contributed by atoms with Gasteiger partial charge in [-0.25, -0.2) is 19.9 Å². The number of aromatic nitrogens is 4. The van der Waals surface area contributed by atoms with Gasteiger partial charge in [-0.05, 0) is 61.8 Å². The van der Waals surface area contributed by atoms with E-state index in [9.17, 15) is 29.1 Å². The predicted molar refractivity (Wildman–Crippen MR) is 270 cm³/mol. The average molecular weight is 999 g/mol. The van der Waals surface area contributed by atoms with Crippen molar-refractivity contribution < 1.29 is 29.1 Å². The van der Waals surface area contributed by atoms with Gasteiger partial charge in [0.25, 0.3) is 5.91 Å². The van der Waals surface area contributed by atoms with Crippen LogP contribution in [0.15, 0.2) is 60.2 Å². The van der Waals surface area contributed by atoms with E-state index in [1.807, 2.05) is 87.5 Å². The summed E-state index contributed by atoms with van der Waals surface area (Å²) in [4.78, 5) is 91.7. The van der Waals surface area contributed by atoms with Crippen LogP contribution in [0.2, 0.25) is 5.02 Å². The first-order valence-electron chi connectivity index (χ1n) is 23.2. The topological polar surface area (TPSA) is 215 Å². The Morgan fingerprint density at radius 2 is 1.67 bits per heavy atom. The highest BCUT2D eigenvalue weighted by Gasteiger charge is 2.44. The summed E-state index contributed by atoms with van der Waals surface area (Å²) in [7, 11) is 0. The van der Waals surface area contributed by atoms with Crippen LogP contribution in [0.1, 0.15) is 91.6 Å². The number of likely N-dealkylation sites (tertiary alicyclic amines) is 1. The number of nitrogens with zero attached hydrogens (tertiary/aromatic N) is 7. The Morgan fingerprint density at radius 3 is 2.36 bits per heavy atom. The van der Waals surface area contributed by atoms with Crippen molar-refractivity contribution in [3.8, 4) is 10.4 Å². The van der Waals surface area contributed by atoms with Gasteiger partial charge < -0.3 is 41.1 Å². The van der Waals surface area contributed by atoms with E-state index in [1.165, 1.54) is 22.4 Å². The van der Waals surface area contributed by atoms with Crippen molar-refractivity contribution in [1.82, 2.24) is 40.4 Å². The number of thiazole rings is 2. The van der Waals surface area contributed by atoms with Gasteiger partial charge in [-0.3, -0.25) is 24.0 Å². The normalized spacial score (nSPS) is 16.6. The first kappa shape index (κ1) is 50.8. The molecule has 0 saturated carbocycles. The Balaban J connectivity index is 0.823. The number of carbonyl (C=O) groups is 5. The van der Waals surface area contributed by atoms with Gasteiger partial charge in [0.2, 0.25) is 23.6 Å². The van der Waals surface area contributed by atoms with Gasteiger partial charge in [0.15, 0.2) is 5.13 Å². The van der Waals surface area contributed by atoms with E-state index in [-0.39, 0.29) is 49.6 Å². The number of aryl methyl sites for hydroxylation is 3. The molecule has 2 aliphatic rings. The fourth-order valence-corrected chi connectivity index (χ4v) is 10.2. The molecular weight excluding hydrogens is 938 g/mol. The first-order chi connectivity index (χ1) is 32.9. The van der Waals surface area contributed by atoms with Gasteiger partial charge in [-0.2, -0.15) is 0 Å². The molecule has 69 heavy (non-hydrogen) atoms. The van der Waals surface area contributed by atoms with Crippen molar-refractivity contribution in [2.75, 3.05) is 48.3 Å². The molecule has 0 spiro atoms. The molecule has 0 aliphatic carbocycles. The standard InChI is InChI=1S/C49H60ClN11O6S2/c1-29-11-10-12-35(50)42(29)58-46(66)37-26-52-48(69-37)56-38-24-39(55-31(3)54-38)59-19-21-60(22-20-59)41(64)14-9-7-8-13-40(63)57-44(49(4,5)6)47(67)61-27-34(62)23-36(61)45(65)51-25-32-15-17-33(18-16-32)43-30(2)53-28-68-43/h10-12,15-18,24,26,28,34,36,44,62H,7-9,13-14,19-23,25,27H2,1-6H3,(H,51,65)(H,57,63)(H,58,66)(H,52,54,55,56). The van der Waals surface area contributed by atoms with Crippen LogP contribution >= 0.6 is 34.3 Å². The Labute approximate surface area is 415 Å². The third-order valence-electron chi connectivity index (χ3n) is 12.2. The van der Waals surface area contributed by atoms with Gasteiger partial charge >= 0.3 is 0 Å². The fourth-order valence-electron chi connectivity index (χ4n) is 8.38. The number of benzene rings is 2. The molecule has 0 radical (unpaired) electrons. The summed E-state index contributed by atoms with van der Waals surface area (Å²) >= 11 is 9.06. The van der Waals surface area contributed by atoms with E-state index >= 15 is 0 Å². The van der Waals surface area contributed by atoms with Crippen molar-refractivity contribution in [1.29, 1.82) is 0 Å². The van der Waals surface area contributed by atoms with Crippen molar-refractivity contribution >= 4 is 86.3 Å². The summed E-state index contributed by atoms with van der Waals surface area (Å²) in [6.45, 7) is 13.7. The molecule has 7 rings (SSSR count). The van der Waals surface area contributed by atoms with Crippen LogP contribution in [0.3, 0.4) is 0 Å². The van der Waals surface area contributed by atoms with Crippen LogP contribution in [-0.4, -0.2) is 115 Å². The maximum absolute atomic E-state index is 14.1. The number of hydrogen-bond acceptors (Lipinski definition) is 14. The van der Waals surface area contributed by atoms with Crippen LogP contribution in [-0.2, 0) is 25.7 Å². The Morgan fingerprint density at radius 1 is 0.928 bits per heavy atom. The Bertz CT molecular complexity index is 2620. The molecule has 5 heterocycles. The summed E-state index contributed by atoms with van der Waals surface area (Å²) in [5.74, 6) is 0.487. The number of β-amino-alcohol motifs (C(OH)–C–C–N with tert-alkyl or cyclic N) is 1. The van der Waals surface area contributed by atoms with E-state index in [4.69, 9.17) is 11.6 Å². The van der Waals surface area contributed by atoms with Crippen molar-refractivity contribution in [3.63, 3.8) is 0 Å². The first-order valence-corrected chi connectivity index (χ1v) is 25.2. The molecule has 3 atom stereocenters. The molecule has 2 aliphatic heterocycles. The Kier molecular flexibility index (Phi) is 16.7. The highest BCUT2D eigenvalue weighted by Crippen LogP contribution is 2.31. The summed E-state index contributed by atoms with van der Waals surface area (Å²) in [5, 5.41) is 23.5. The highest BCUT2D eigenvalue weighted by atomic mass is 35.5. The van der Waals surface area contributed by atoms with Gasteiger partial charge in [-0.1, -0.05) is 86.5 Å². The van der Waals surface area contributed by atoms with Crippen molar-refractivity contribution in [2.45, 2.75) is 105 Å². The molecule has 20 heteroatoms. The zero-order valence-electron chi connectivity index (χ0n) is 39.8. The van der Waals surface area contributed by atoms with Crippen LogP contribution < -0.4 is 26.2 Å². The number of piperazine rings is 1. The number of amides is 5. The summed E-state index contributed by atoms with van der Waals surface area (Å²) < 4.78 is 0. The molecule has 5 amide bonds. The second kappa shape index (κ2) is 22.6. The van der Waals surface area contributed by atoms with Crippen molar-refractivity contribution in [2.24, 2.45) is 5.41 Å². The van der Waals surface area contributed by atoms with E-state index in [2.05, 4.69) is 46.1 Å². The summed E-state index contributed by atoms with van der Waals surface area (Å²) in [6, 6.07) is 13.3. The number of nitrogens with one attached hydrogen (secondary N) is 4. The van der Waals surface area contributed by atoms with E-state index in [1.54, 1.807) is 24.3 Å². The number of rotatable bonds is 17. The SMILES string of the molecule is Cc1nc(Nc2ncc(C(=O)Nc3c(C)cccc3Cl)s2)cc(N2CCN(C(=O)CCCCCC(=O)NC(C(=O)N3CC(O)CC3C(=O)NCc3ccc(-c4scnc4C)cc3)C(C)(C)C)CC2)n1. The lowest BCUT2D eigenvalue weighted by atomic mass is 9.85. The number of halogens is 1. The molecule has 2 fully saturated rings. The molecule has 2 aromatic carbocycles. The zero-order valence-corrected chi connectivity index (χ0v) is 42.2. The molecule has 3 aromatic heterocycles. The number of anilines is 4. The monoisotopic (exact) mass is 997 g/mol. The second-order valence-electron chi connectivity index (χ2n) is 18.6. The predicted octanol–water partition coefficient (Wildman–Crippen LogP) is 7.04. The largest absolute Gasteiger partial charge is 0.391 e.